The number of para-hydroxylation sites is 1. The van der Waals surface area contributed by atoms with Crippen LogP contribution in [0.25, 0.3) is 0 Å². The van der Waals surface area contributed by atoms with E-state index in [0.29, 0.717) is 49.4 Å². The summed E-state index contributed by atoms with van der Waals surface area (Å²) in [4.78, 5) is 40.5. The molecule has 0 aromatic heterocycles. The number of amides is 3. The number of ether oxygens (including phenoxy) is 1. The van der Waals surface area contributed by atoms with Gasteiger partial charge in [0.25, 0.3) is 11.8 Å². The molecule has 7 heteroatoms. The lowest BCUT2D eigenvalue weighted by Gasteiger charge is -2.36. The first-order valence-corrected chi connectivity index (χ1v) is 11.1. The fourth-order valence-electron chi connectivity index (χ4n) is 4.12. The molecule has 3 rings (SSSR count). The summed E-state index contributed by atoms with van der Waals surface area (Å²) in [6.07, 6.45) is 2.80. The number of benzene rings is 2. The van der Waals surface area contributed by atoms with E-state index in [0.717, 1.165) is 5.56 Å². The van der Waals surface area contributed by atoms with Crippen molar-refractivity contribution in [2.24, 2.45) is 5.92 Å². The standard InChI is InChI=1S/C26H31N3O4/c1-4-14-27-25(31)23(28-24(30)20-9-7-8-18(2)17-20)19-12-15-29(16-13-19)26(32)21-10-5-6-11-22(21)33-3/h4-11,17,19,23H,1,12-16H2,2-3H3,(H,27,31)(H,28,30)/t23-/m1/s1. The van der Waals surface area contributed by atoms with Gasteiger partial charge in [-0.25, -0.2) is 0 Å². The number of piperidine rings is 1. The van der Waals surface area contributed by atoms with E-state index in [2.05, 4.69) is 17.2 Å². The van der Waals surface area contributed by atoms with E-state index in [9.17, 15) is 14.4 Å². The molecule has 7 nitrogen and oxygen atoms in total. The van der Waals surface area contributed by atoms with Crippen molar-refractivity contribution < 1.29 is 19.1 Å². The van der Waals surface area contributed by atoms with Crippen molar-refractivity contribution in [1.29, 1.82) is 0 Å². The zero-order valence-corrected chi connectivity index (χ0v) is 19.2. The Balaban J connectivity index is 1.70. The normalized spacial score (nSPS) is 14.8. The average Bonchev–Trinajstić information content (AvgIpc) is 2.85. The molecule has 33 heavy (non-hydrogen) atoms. The maximum atomic E-state index is 13.0. The van der Waals surface area contributed by atoms with Crippen molar-refractivity contribution in [1.82, 2.24) is 15.5 Å². The van der Waals surface area contributed by atoms with Gasteiger partial charge in [0.2, 0.25) is 5.91 Å². The summed E-state index contributed by atoms with van der Waals surface area (Å²) in [5, 5.41) is 5.73. The highest BCUT2D eigenvalue weighted by Gasteiger charge is 2.34. The van der Waals surface area contributed by atoms with E-state index < -0.39 is 6.04 Å². The van der Waals surface area contributed by atoms with Crippen LogP contribution in [0.4, 0.5) is 0 Å². The molecule has 0 bridgehead atoms. The SMILES string of the molecule is C=CCNC(=O)[C@H](NC(=O)c1cccc(C)c1)C1CCN(C(=O)c2ccccc2OC)CC1. The Kier molecular flexibility index (Phi) is 8.24. The molecule has 2 aromatic rings. The van der Waals surface area contributed by atoms with Crippen molar-refractivity contribution >= 4 is 17.7 Å². The van der Waals surface area contributed by atoms with Crippen LogP contribution in [-0.4, -0.2) is 55.4 Å². The van der Waals surface area contributed by atoms with Gasteiger partial charge < -0.3 is 20.3 Å². The molecule has 2 aromatic carbocycles. The van der Waals surface area contributed by atoms with Gasteiger partial charge in [-0.05, 0) is 49.9 Å². The van der Waals surface area contributed by atoms with Crippen LogP contribution in [0.1, 0.15) is 39.1 Å². The second-order valence-corrected chi connectivity index (χ2v) is 8.18. The van der Waals surface area contributed by atoms with Gasteiger partial charge in [0.05, 0.1) is 12.7 Å². The van der Waals surface area contributed by atoms with E-state index in [4.69, 9.17) is 4.74 Å². The quantitative estimate of drug-likeness (QED) is 0.607. The Morgan fingerprint density at radius 3 is 2.55 bits per heavy atom. The van der Waals surface area contributed by atoms with Crippen LogP contribution in [0.2, 0.25) is 0 Å². The maximum Gasteiger partial charge on any atom is 0.257 e. The summed E-state index contributed by atoms with van der Waals surface area (Å²) in [7, 11) is 1.54. The van der Waals surface area contributed by atoms with Crippen LogP contribution in [0.15, 0.2) is 61.2 Å². The Labute approximate surface area is 194 Å². The van der Waals surface area contributed by atoms with Crippen molar-refractivity contribution in [3.63, 3.8) is 0 Å². The van der Waals surface area contributed by atoms with Gasteiger partial charge in [0.1, 0.15) is 11.8 Å². The molecule has 1 aliphatic heterocycles. The van der Waals surface area contributed by atoms with Crippen molar-refractivity contribution in [2.45, 2.75) is 25.8 Å². The maximum absolute atomic E-state index is 13.0. The highest BCUT2D eigenvalue weighted by Crippen LogP contribution is 2.25. The number of rotatable bonds is 8. The molecule has 1 fully saturated rings. The lowest BCUT2D eigenvalue weighted by atomic mass is 9.88. The van der Waals surface area contributed by atoms with Crippen LogP contribution in [0.5, 0.6) is 5.75 Å². The summed E-state index contributed by atoms with van der Waals surface area (Å²) < 4.78 is 5.32. The lowest BCUT2D eigenvalue weighted by molar-refractivity contribution is -0.124. The van der Waals surface area contributed by atoms with Gasteiger partial charge in [-0.15, -0.1) is 6.58 Å². The zero-order valence-electron chi connectivity index (χ0n) is 19.2. The molecule has 1 heterocycles. The molecular formula is C26H31N3O4. The molecular weight excluding hydrogens is 418 g/mol. The summed E-state index contributed by atoms with van der Waals surface area (Å²) >= 11 is 0. The Morgan fingerprint density at radius 1 is 1.15 bits per heavy atom. The minimum atomic E-state index is -0.693. The minimum Gasteiger partial charge on any atom is -0.496 e. The molecule has 0 aliphatic carbocycles. The van der Waals surface area contributed by atoms with Crippen molar-refractivity contribution in [3.05, 3.63) is 77.9 Å². The number of carbonyl (C=O) groups is 3. The molecule has 3 amide bonds. The zero-order chi connectivity index (χ0) is 23.8. The summed E-state index contributed by atoms with van der Waals surface area (Å²) in [6.45, 7) is 6.86. The fraction of sp³-hybridized carbons (Fsp3) is 0.346. The van der Waals surface area contributed by atoms with Crippen molar-refractivity contribution in [3.8, 4) is 5.75 Å². The fourth-order valence-corrected chi connectivity index (χ4v) is 4.12. The van der Waals surface area contributed by atoms with Gasteiger partial charge in [-0.2, -0.15) is 0 Å². The van der Waals surface area contributed by atoms with Crippen LogP contribution < -0.4 is 15.4 Å². The number of likely N-dealkylation sites (tertiary alicyclic amines) is 1. The molecule has 0 unspecified atom stereocenters. The summed E-state index contributed by atoms with van der Waals surface area (Å²) in [5.41, 5.74) is 2.00. The van der Waals surface area contributed by atoms with E-state index in [-0.39, 0.29) is 23.6 Å². The van der Waals surface area contributed by atoms with E-state index >= 15 is 0 Å². The number of nitrogens with one attached hydrogen (secondary N) is 2. The number of nitrogens with zero attached hydrogens (tertiary/aromatic N) is 1. The highest BCUT2D eigenvalue weighted by atomic mass is 16.5. The lowest BCUT2D eigenvalue weighted by Crippen LogP contribution is -2.53. The van der Waals surface area contributed by atoms with Crippen LogP contribution in [0, 0.1) is 12.8 Å². The first-order chi connectivity index (χ1) is 15.9. The van der Waals surface area contributed by atoms with E-state index in [1.54, 1.807) is 42.4 Å². The van der Waals surface area contributed by atoms with Gasteiger partial charge in [0, 0.05) is 25.2 Å². The molecule has 174 valence electrons. The van der Waals surface area contributed by atoms with Crippen LogP contribution in [-0.2, 0) is 4.79 Å². The largest absolute Gasteiger partial charge is 0.496 e. The van der Waals surface area contributed by atoms with Crippen LogP contribution >= 0.6 is 0 Å². The average molecular weight is 450 g/mol. The minimum absolute atomic E-state index is 0.0923. The molecule has 0 saturated carbocycles. The van der Waals surface area contributed by atoms with E-state index in [1.165, 1.54) is 0 Å². The molecule has 1 aliphatic rings. The monoisotopic (exact) mass is 449 g/mol. The van der Waals surface area contributed by atoms with Crippen molar-refractivity contribution in [2.75, 3.05) is 26.7 Å². The van der Waals surface area contributed by atoms with Gasteiger partial charge in [0.15, 0.2) is 0 Å². The predicted molar refractivity (Wildman–Crippen MR) is 127 cm³/mol. The summed E-state index contributed by atoms with van der Waals surface area (Å²) in [5.74, 6) is -0.181. The molecule has 1 saturated heterocycles. The smallest absolute Gasteiger partial charge is 0.257 e. The number of carbonyl (C=O) groups excluding carboxylic acids is 3. The van der Waals surface area contributed by atoms with Gasteiger partial charge in [-0.3, -0.25) is 14.4 Å². The van der Waals surface area contributed by atoms with E-state index in [1.807, 2.05) is 31.2 Å². The molecule has 0 radical (unpaired) electrons. The number of aryl methyl sites for hydroxylation is 1. The number of hydrogen-bond donors (Lipinski definition) is 2. The highest BCUT2D eigenvalue weighted by molar-refractivity contribution is 5.98. The third-order valence-electron chi connectivity index (χ3n) is 5.91. The number of hydrogen-bond acceptors (Lipinski definition) is 4. The van der Waals surface area contributed by atoms with Gasteiger partial charge in [-0.1, -0.05) is 35.9 Å². The first kappa shape index (κ1) is 24.0. The van der Waals surface area contributed by atoms with Crippen LogP contribution in [0.3, 0.4) is 0 Å². The second-order valence-electron chi connectivity index (χ2n) is 8.18. The number of methoxy groups -OCH3 is 1. The summed E-state index contributed by atoms with van der Waals surface area (Å²) in [6, 6.07) is 13.7. The first-order valence-electron chi connectivity index (χ1n) is 11.1. The predicted octanol–water partition coefficient (Wildman–Crippen LogP) is 2.96. The Morgan fingerprint density at radius 2 is 1.88 bits per heavy atom. The second kappa shape index (κ2) is 11.3. The Hall–Kier alpha value is -3.61. The van der Waals surface area contributed by atoms with Gasteiger partial charge >= 0.3 is 0 Å². The Bertz CT molecular complexity index is 1010. The third-order valence-corrected chi connectivity index (χ3v) is 5.91. The molecule has 2 N–H and O–H groups in total. The molecule has 0 spiro atoms. The molecule has 1 atom stereocenters. The topological polar surface area (TPSA) is 87.7 Å². The third kappa shape index (κ3) is 6.00.